The fourth-order valence-electron chi connectivity index (χ4n) is 9.44. The SMILES string of the molecule is CCC(=O)O[C@@H]1CC(=O)O[C@H](C)C/C=C/C=C/[C@H](O[C@@H]2CC[C@H](N(C)C)[C@@H](C)O2)[C@H](C)C[C@@H](CC=O)[C@@H](O[C@@H]2O[C@H](C)[C@@H](O[C@H]3C[C@@](C)(O)[C@@H](O)[C@H](C)O3)[C@H](N(C)C)[C@H]2O)[C@H]1OC. The average molecular weight is 899 g/mol. The van der Waals surface area contributed by atoms with E-state index in [0.29, 0.717) is 19.3 Å². The Labute approximate surface area is 374 Å². The van der Waals surface area contributed by atoms with Gasteiger partial charge in [0.1, 0.15) is 42.9 Å². The van der Waals surface area contributed by atoms with Crippen LogP contribution in [0.1, 0.15) is 99.8 Å². The largest absolute Gasteiger partial charge is 0.462 e. The van der Waals surface area contributed by atoms with Gasteiger partial charge in [-0.25, -0.2) is 0 Å². The number of aldehydes is 1. The predicted octanol–water partition coefficient (Wildman–Crippen LogP) is 3.29. The van der Waals surface area contributed by atoms with Crippen molar-refractivity contribution in [2.75, 3.05) is 35.3 Å². The fraction of sp³-hybridized carbons (Fsp3) is 0.848. The summed E-state index contributed by atoms with van der Waals surface area (Å²) in [7, 11) is 9.04. The van der Waals surface area contributed by atoms with Crippen molar-refractivity contribution in [3.8, 4) is 0 Å². The Balaban J connectivity index is 1.74. The number of methoxy groups -OCH3 is 1. The number of hydrogen-bond acceptors (Lipinski definition) is 17. The highest BCUT2D eigenvalue weighted by atomic mass is 16.7. The summed E-state index contributed by atoms with van der Waals surface area (Å²) in [6.07, 6.45) is -1.76. The first kappa shape index (κ1) is 53.2. The lowest BCUT2D eigenvalue weighted by Gasteiger charge is -2.50. The van der Waals surface area contributed by atoms with Crippen molar-refractivity contribution in [2.45, 2.75) is 204 Å². The monoisotopic (exact) mass is 899 g/mol. The first-order valence-corrected chi connectivity index (χ1v) is 22.7. The molecule has 0 bridgehead atoms. The molecule has 3 N–H and O–H groups in total. The van der Waals surface area contributed by atoms with Crippen LogP contribution in [0.15, 0.2) is 24.3 Å². The molecule has 3 fully saturated rings. The van der Waals surface area contributed by atoms with E-state index < -0.39 is 109 Å². The van der Waals surface area contributed by atoms with Gasteiger partial charge in [-0.1, -0.05) is 38.2 Å². The molecule has 63 heavy (non-hydrogen) atoms. The van der Waals surface area contributed by atoms with Crippen LogP contribution in [0.25, 0.3) is 0 Å². The number of carbonyl (C=O) groups excluding carboxylic acids is 3. The van der Waals surface area contributed by atoms with Gasteiger partial charge in [0, 0.05) is 38.8 Å². The van der Waals surface area contributed by atoms with Crippen LogP contribution in [0, 0.1) is 11.8 Å². The quantitative estimate of drug-likeness (QED) is 0.180. The van der Waals surface area contributed by atoms with Crippen molar-refractivity contribution in [1.82, 2.24) is 9.80 Å². The molecule has 0 amide bonds. The van der Waals surface area contributed by atoms with Gasteiger partial charge >= 0.3 is 11.9 Å². The van der Waals surface area contributed by atoms with Crippen LogP contribution in [0.4, 0.5) is 0 Å². The summed E-state index contributed by atoms with van der Waals surface area (Å²) < 4.78 is 56.7. The number of ether oxygens (including phenoxy) is 9. The van der Waals surface area contributed by atoms with E-state index in [1.54, 1.807) is 46.7 Å². The first-order valence-electron chi connectivity index (χ1n) is 22.7. The maximum Gasteiger partial charge on any atom is 0.309 e. The molecule has 0 aromatic carbocycles. The van der Waals surface area contributed by atoms with Crippen LogP contribution in [0.3, 0.4) is 0 Å². The molecule has 362 valence electrons. The molecule has 17 heteroatoms. The minimum atomic E-state index is -1.49. The Morgan fingerprint density at radius 3 is 2.21 bits per heavy atom. The summed E-state index contributed by atoms with van der Waals surface area (Å²) >= 11 is 0. The molecule has 3 saturated heterocycles. The van der Waals surface area contributed by atoms with Gasteiger partial charge in [-0.2, -0.15) is 0 Å². The second-order valence-corrected chi connectivity index (χ2v) is 18.6. The maximum atomic E-state index is 13.5. The minimum Gasteiger partial charge on any atom is -0.462 e. The molecular formula is C46H78N2O15. The van der Waals surface area contributed by atoms with Crippen LogP contribution >= 0.6 is 0 Å². The number of allylic oxidation sites excluding steroid dienone is 2. The molecule has 0 unspecified atom stereocenters. The number of nitrogens with zero attached hydrogens (tertiary/aromatic N) is 2. The van der Waals surface area contributed by atoms with Crippen molar-refractivity contribution >= 4 is 18.2 Å². The zero-order valence-electron chi connectivity index (χ0n) is 39.6. The van der Waals surface area contributed by atoms with Gasteiger partial charge in [-0.3, -0.25) is 9.59 Å². The number of carbonyl (C=O) groups is 3. The second kappa shape index (κ2) is 24.4. The maximum absolute atomic E-state index is 13.5. The number of esters is 2. The lowest BCUT2D eigenvalue weighted by molar-refractivity contribution is -0.344. The van der Waals surface area contributed by atoms with Gasteiger partial charge in [0.05, 0.1) is 48.6 Å². The number of aliphatic hydroxyl groups is 3. The normalized spacial score (nSPS) is 43.5. The van der Waals surface area contributed by atoms with E-state index in [2.05, 4.69) is 4.90 Å². The molecule has 0 saturated carbocycles. The molecule has 0 spiro atoms. The first-order chi connectivity index (χ1) is 29.7. The van der Waals surface area contributed by atoms with Crippen molar-refractivity contribution in [3.05, 3.63) is 24.3 Å². The Bertz CT molecular complexity index is 1490. The smallest absolute Gasteiger partial charge is 0.309 e. The molecule has 4 aliphatic rings. The van der Waals surface area contributed by atoms with E-state index in [-0.39, 0.29) is 43.7 Å². The standard InChI is InChI=1S/C46H78N2O15/c1-13-35(50)60-34-24-36(51)56-27(3)17-15-14-16-18-33(61-37-20-19-32(47(8)9)28(4)57-37)26(2)23-31(21-22-49)42(43(34)55-12)63-45-40(52)39(48(10)11)41(29(5)59-45)62-38-25-46(7,54)44(53)30(6)58-38/h14-16,18,22,26-34,37-45,52-54H,13,17,19-21,23-25H2,1-12H3/b15-14+,18-16+/t26-,27-,28-,29-,30+,31-,32+,33+,34-,37-,38+,39-,40-,41-,42-,43+,44+,45+,46-/m1/s1. The Morgan fingerprint density at radius 1 is 0.905 bits per heavy atom. The lowest BCUT2D eigenvalue weighted by atomic mass is 9.82. The summed E-state index contributed by atoms with van der Waals surface area (Å²) in [6.45, 7) is 12.4. The third-order valence-corrected chi connectivity index (χ3v) is 12.9. The molecular weight excluding hydrogens is 821 g/mol. The highest BCUT2D eigenvalue weighted by Gasteiger charge is 2.52. The summed E-state index contributed by atoms with van der Waals surface area (Å²) in [5, 5.41) is 33.7. The zero-order chi connectivity index (χ0) is 46.8. The van der Waals surface area contributed by atoms with Crippen LogP contribution in [-0.4, -0.2) is 182 Å². The number of hydrogen-bond donors (Lipinski definition) is 3. The van der Waals surface area contributed by atoms with Crippen molar-refractivity contribution in [1.29, 1.82) is 0 Å². The topological polar surface area (TPSA) is 201 Å². The Kier molecular flexibility index (Phi) is 20.6. The van der Waals surface area contributed by atoms with E-state index in [4.69, 9.17) is 42.6 Å². The molecule has 19 atom stereocenters. The number of likely N-dealkylation sites (N-methyl/N-ethyl adjacent to an activating group) is 2. The highest BCUT2D eigenvalue weighted by molar-refractivity contribution is 5.72. The van der Waals surface area contributed by atoms with Crippen LogP contribution in [0.2, 0.25) is 0 Å². The molecule has 4 heterocycles. The minimum absolute atomic E-state index is 0.0117. The molecule has 0 aliphatic carbocycles. The van der Waals surface area contributed by atoms with Gasteiger partial charge in [-0.15, -0.1) is 0 Å². The van der Waals surface area contributed by atoms with Gasteiger partial charge in [0.25, 0.3) is 0 Å². The zero-order valence-corrected chi connectivity index (χ0v) is 39.6. The lowest BCUT2D eigenvalue weighted by Crippen LogP contribution is -2.65. The Morgan fingerprint density at radius 2 is 1.60 bits per heavy atom. The summed E-state index contributed by atoms with van der Waals surface area (Å²) in [5.74, 6) is -2.12. The molecule has 0 aromatic rings. The average Bonchev–Trinajstić information content (AvgIpc) is 3.19. The van der Waals surface area contributed by atoms with E-state index in [1.807, 2.05) is 52.2 Å². The third kappa shape index (κ3) is 14.5. The number of cyclic esters (lactones) is 1. The van der Waals surface area contributed by atoms with Crippen molar-refractivity contribution in [3.63, 3.8) is 0 Å². The summed E-state index contributed by atoms with van der Waals surface area (Å²) in [6, 6.07) is -0.510. The van der Waals surface area contributed by atoms with Gasteiger partial charge in [0.15, 0.2) is 18.9 Å². The van der Waals surface area contributed by atoms with E-state index in [9.17, 15) is 29.7 Å². The predicted molar refractivity (Wildman–Crippen MR) is 231 cm³/mol. The van der Waals surface area contributed by atoms with Crippen LogP contribution < -0.4 is 0 Å². The highest BCUT2D eigenvalue weighted by Crippen LogP contribution is 2.38. The molecule has 0 aromatic heterocycles. The summed E-state index contributed by atoms with van der Waals surface area (Å²) in [4.78, 5) is 43.2. The Hall–Kier alpha value is -2.39. The number of rotatable bonds is 13. The van der Waals surface area contributed by atoms with Gasteiger partial charge in [-0.05, 0) is 93.9 Å². The molecule has 4 rings (SSSR count). The van der Waals surface area contributed by atoms with E-state index >= 15 is 0 Å². The molecule has 17 nitrogen and oxygen atoms in total. The van der Waals surface area contributed by atoms with Crippen LogP contribution in [-0.2, 0) is 57.0 Å². The molecule has 4 aliphatic heterocycles. The fourth-order valence-corrected chi connectivity index (χ4v) is 9.44. The molecule has 0 radical (unpaired) electrons. The van der Waals surface area contributed by atoms with E-state index in [1.165, 1.54) is 14.0 Å². The number of aliphatic hydroxyl groups excluding tert-OH is 2. The second-order valence-electron chi connectivity index (χ2n) is 18.6. The van der Waals surface area contributed by atoms with Crippen molar-refractivity contribution < 1.29 is 72.3 Å². The summed E-state index contributed by atoms with van der Waals surface area (Å²) in [5.41, 5.74) is -1.49. The van der Waals surface area contributed by atoms with Gasteiger partial charge in [0.2, 0.25) is 0 Å². The van der Waals surface area contributed by atoms with Gasteiger partial charge < -0.3 is 72.5 Å². The van der Waals surface area contributed by atoms with Crippen LogP contribution in [0.5, 0.6) is 0 Å². The third-order valence-electron chi connectivity index (χ3n) is 12.9. The van der Waals surface area contributed by atoms with Crippen molar-refractivity contribution in [2.24, 2.45) is 11.8 Å². The van der Waals surface area contributed by atoms with E-state index in [0.717, 1.165) is 12.7 Å².